The molecule has 1 fully saturated rings. The van der Waals surface area contributed by atoms with Gasteiger partial charge >= 0.3 is 11.8 Å². The summed E-state index contributed by atoms with van der Waals surface area (Å²) in [6.45, 7) is 0.353. The highest BCUT2D eigenvalue weighted by Crippen LogP contribution is 2.49. The molecular formula is C16H14F2N2O2S. The number of rotatable bonds is 4. The van der Waals surface area contributed by atoms with Crippen LogP contribution in [0.3, 0.4) is 0 Å². The van der Waals surface area contributed by atoms with E-state index < -0.39 is 23.4 Å². The van der Waals surface area contributed by atoms with Crippen molar-refractivity contribution in [2.75, 3.05) is 11.9 Å². The van der Waals surface area contributed by atoms with E-state index >= 15 is 0 Å². The first kappa shape index (κ1) is 15.6. The van der Waals surface area contributed by atoms with Crippen molar-refractivity contribution in [2.24, 2.45) is 0 Å². The van der Waals surface area contributed by atoms with Gasteiger partial charge in [0.25, 0.3) is 0 Å². The average molecular weight is 336 g/mol. The van der Waals surface area contributed by atoms with Crippen molar-refractivity contribution < 1.29 is 18.4 Å². The summed E-state index contributed by atoms with van der Waals surface area (Å²) < 4.78 is 26.5. The summed E-state index contributed by atoms with van der Waals surface area (Å²) in [5.74, 6) is -3.38. The van der Waals surface area contributed by atoms with Gasteiger partial charge in [-0.25, -0.2) is 8.78 Å². The van der Waals surface area contributed by atoms with Crippen LogP contribution >= 0.6 is 11.3 Å². The van der Waals surface area contributed by atoms with E-state index in [-0.39, 0.29) is 11.1 Å². The molecule has 4 nitrogen and oxygen atoms in total. The van der Waals surface area contributed by atoms with E-state index in [1.165, 1.54) is 4.88 Å². The van der Waals surface area contributed by atoms with Crippen LogP contribution in [0.1, 0.15) is 17.7 Å². The largest absolute Gasteiger partial charge is 0.347 e. The topological polar surface area (TPSA) is 58.2 Å². The Labute approximate surface area is 135 Å². The molecule has 0 atom stereocenters. The maximum atomic E-state index is 13.5. The predicted molar refractivity (Wildman–Crippen MR) is 83.2 cm³/mol. The highest BCUT2D eigenvalue weighted by molar-refractivity contribution is 7.10. The molecule has 1 aliphatic carbocycles. The van der Waals surface area contributed by atoms with Crippen molar-refractivity contribution in [1.82, 2.24) is 5.32 Å². The number of nitrogens with one attached hydrogen (secondary N) is 2. The van der Waals surface area contributed by atoms with Crippen LogP contribution in [-0.2, 0) is 15.0 Å². The minimum atomic E-state index is -1.02. The molecule has 3 rings (SSSR count). The second-order valence-electron chi connectivity index (χ2n) is 5.52. The van der Waals surface area contributed by atoms with Crippen LogP contribution in [0, 0.1) is 11.6 Å². The molecule has 23 heavy (non-hydrogen) atoms. The number of hydrogen-bond donors (Lipinski definition) is 2. The lowest BCUT2D eigenvalue weighted by Gasteiger charge is -2.14. The second kappa shape index (κ2) is 6.08. The van der Waals surface area contributed by atoms with Gasteiger partial charge in [0.1, 0.15) is 11.6 Å². The molecule has 0 radical (unpaired) electrons. The highest BCUT2D eigenvalue weighted by atomic mass is 32.1. The van der Waals surface area contributed by atoms with E-state index in [0.717, 1.165) is 31.0 Å². The Morgan fingerprint density at radius 3 is 2.61 bits per heavy atom. The van der Waals surface area contributed by atoms with Gasteiger partial charge in [0.05, 0.1) is 5.69 Å². The Kier molecular flexibility index (Phi) is 4.12. The molecule has 0 aliphatic heterocycles. The summed E-state index contributed by atoms with van der Waals surface area (Å²) in [6, 6.07) is 6.60. The van der Waals surface area contributed by atoms with Crippen LogP contribution in [0.5, 0.6) is 0 Å². The third-order valence-corrected chi connectivity index (χ3v) is 4.98. The number of benzene rings is 1. The number of carbonyl (C=O) groups excluding carboxylic acids is 2. The van der Waals surface area contributed by atoms with Crippen molar-refractivity contribution >= 4 is 28.8 Å². The molecule has 1 aromatic heterocycles. The summed E-state index contributed by atoms with van der Waals surface area (Å²) in [4.78, 5) is 24.8. The number of hydrogen-bond acceptors (Lipinski definition) is 3. The zero-order valence-corrected chi connectivity index (χ0v) is 12.9. The standard InChI is InChI=1S/C16H14F2N2O2S/c17-10-3-4-11(18)12(8-10)20-15(22)14(21)19-9-16(5-6-16)13-2-1-7-23-13/h1-4,7-8H,5-6,9H2,(H,19,21)(H,20,22). The lowest BCUT2D eigenvalue weighted by Crippen LogP contribution is -2.39. The second-order valence-corrected chi connectivity index (χ2v) is 6.47. The molecule has 7 heteroatoms. The summed E-state index contributed by atoms with van der Waals surface area (Å²) >= 11 is 1.62. The van der Waals surface area contributed by atoms with E-state index in [4.69, 9.17) is 0 Å². The Hall–Kier alpha value is -2.28. The van der Waals surface area contributed by atoms with Crippen molar-refractivity contribution in [3.05, 3.63) is 52.2 Å². The van der Waals surface area contributed by atoms with Crippen LogP contribution in [0.2, 0.25) is 0 Å². The van der Waals surface area contributed by atoms with Gasteiger partial charge in [0.2, 0.25) is 0 Å². The van der Waals surface area contributed by atoms with Crippen LogP contribution in [0.25, 0.3) is 0 Å². The van der Waals surface area contributed by atoms with E-state index in [9.17, 15) is 18.4 Å². The predicted octanol–water partition coefficient (Wildman–Crippen LogP) is 2.81. The first-order valence-electron chi connectivity index (χ1n) is 7.08. The molecule has 120 valence electrons. The third kappa shape index (κ3) is 3.39. The molecular weight excluding hydrogens is 322 g/mol. The van der Waals surface area contributed by atoms with Crippen molar-refractivity contribution in [2.45, 2.75) is 18.3 Å². The number of carbonyl (C=O) groups is 2. The number of halogens is 2. The van der Waals surface area contributed by atoms with Gasteiger partial charge in [-0.05, 0) is 36.4 Å². The molecule has 0 unspecified atom stereocenters. The lowest BCUT2D eigenvalue weighted by atomic mass is 10.1. The van der Waals surface area contributed by atoms with Crippen LogP contribution in [-0.4, -0.2) is 18.4 Å². The molecule has 0 spiro atoms. The van der Waals surface area contributed by atoms with E-state index in [1.54, 1.807) is 11.3 Å². The zero-order chi connectivity index (χ0) is 16.4. The molecule has 1 aromatic carbocycles. The monoisotopic (exact) mass is 336 g/mol. The number of anilines is 1. The minimum Gasteiger partial charge on any atom is -0.347 e. The van der Waals surface area contributed by atoms with E-state index in [2.05, 4.69) is 10.6 Å². The summed E-state index contributed by atoms with van der Waals surface area (Å²) in [7, 11) is 0. The first-order chi connectivity index (χ1) is 11.0. The quantitative estimate of drug-likeness (QED) is 0.844. The highest BCUT2D eigenvalue weighted by Gasteiger charge is 2.45. The molecule has 1 saturated carbocycles. The van der Waals surface area contributed by atoms with Gasteiger partial charge in [-0.2, -0.15) is 0 Å². The Morgan fingerprint density at radius 1 is 1.17 bits per heavy atom. The minimum absolute atomic E-state index is 0.0891. The Morgan fingerprint density at radius 2 is 1.96 bits per heavy atom. The fourth-order valence-electron chi connectivity index (χ4n) is 2.34. The lowest BCUT2D eigenvalue weighted by molar-refractivity contribution is -0.136. The van der Waals surface area contributed by atoms with Crippen molar-refractivity contribution in [3.63, 3.8) is 0 Å². The molecule has 1 heterocycles. The van der Waals surface area contributed by atoms with Crippen molar-refractivity contribution in [3.8, 4) is 0 Å². The van der Waals surface area contributed by atoms with Crippen LogP contribution < -0.4 is 10.6 Å². The summed E-state index contributed by atoms with van der Waals surface area (Å²) in [5.41, 5.74) is -0.446. The Bertz CT molecular complexity index is 743. The number of amides is 2. The molecule has 2 N–H and O–H groups in total. The average Bonchev–Trinajstić information content (AvgIpc) is 3.11. The zero-order valence-electron chi connectivity index (χ0n) is 12.1. The van der Waals surface area contributed by atoms with Gasteiger partial charge in [0.15, 0.2) is 0 Å². The maximum Gasteiger partial charge on any atom is 0.313 e. The maximum absolute atomic E-state index is 13.5. The third-order valence-electron chi connectivity index (χ3n) is 3.87. The summed E-state index contributed by atoms with van der Waals surface area (Å²) in [6.07, 6.45) is 1.90. The number of thiophene rings is 1. The van der Waals surface area contributed by atoms with Gasteiger partial charge in [-0.1, -0.05) is 6.07 Å². The van der Waals surface area contributed by atoms with Gasteiger partial charge in [-0.15, -0.1) is 11.3 Å². The van der Waals surface area contributed by atoms with E-state index in [1.807, 2.05) is 17.5 Å². The van der Waals surface area contributed by atoms with Gasteiger partial charge in [-0.3, -0.25) is 9.59 Å². The SMILES string of the molecule is O=C(NCC1(c2cccs2)CC1)C(=O)Nc1cc(F)ccc1F. The first-order valence-corrected chi connectivity index (χ1v) is 7.96. The smallest absolute Gasteiger partial charge is 0.313 e. The van der Waals surface area contributed by atoms with Gasteiger partial charge in [0, 0.05) is 22.9 Å². The normalized spacial score (nSPS) is 15.0. The van der Waals surface area contributed by atoms with Crippen molar-refractivity contribution in [1.29, 1.82) is 0 Å². The fourth-order valence-corrected chi connectivity index (χ4v) is 3.33. The van der Waals surface area contributed by atoms with Crippen LogP contribution in [0.4, 0.5) is 14.5 Å². The molecule has 0 saturated heterocycles. The van der Waals surface area contributed by atoms with Crippen LogP contribution in [0.15, 0.2) is 35.7 Å². The van der Waals surface area contributed by atoms with Gasteiger partial charge < -0.3 is 10.6 Å². The molecule has 0 bridgehead atoms. The van der Waals surface area contributed by atoms with E-state index in [0.29, 0.717) is 6.54 Å². The molecule has 1 aliphatic rings. The fraction of sp³-hybridized carbons (Fsp3) is 0.250. The summed E-state index contributed by atoms with van der Waals surface area (Å²) in [5, 5.41) is 6.62. The molecule has 2 amide bonds. The molecule has 2 aromatic rings. The Balaban J connectivity index is 1.58.